The molecule has 0 spiro atoms. The Kier molecular flexibility index (Phi) is 19.0. The van der Waals surface area contributed by atoms with Gasteiger partial charge in [-0.05, 0) is 82.8 Å². The molecule has 15 heteroatoms. The molecule has 2 aromatic heterocycles. The molecule has 1 aliphatic heterocycles. The van der Waals surface area contributed by atoms with Crippen LogP contribution in [0.15, 0.2) is 41.0 Å². The number of aromatic nitrogens is 2. The highest BCUT2D eigenvalue weighted by atomic mass is 32.2. The van der Waals surface area contributed by atoms with E-state index in [1.807, 2.05) is 24.4 Å². The van der Waals surface area contributed by atoms with E-state index in [0.717, 1.165) is 91.0 Å². The first-order valence-electron chi connectivity index (χ1n) is 18.4. The zero-order valence-corrected chi connectivity index (χ0v) is 34.1. The van der Waals surface area contributed by atoms with E-state index in [2.05, 4.69) is 45.2 Å². The minimum Gasteiger partial charge on any atom is -0.496 e. The normalized spacial score (nSPS) is 16.5. The van der Waals surface area contributed by atoms with E-state index in [9.17, 15) is 23.4 Å². The Hall–Kier alpha value is -3.92. The number of pyridine rings is 1. The molecule has 3 amide bonds. The molecule has 0 radical (unpaired) electrons. The maximum atomic E-state index is 12.4. The molecular formula is C39H57N5O8S2. The van der Waals surface area contributed by atoms with Gasteiger partial charge in [-0.1, -0.05) is 19.9 Å². The Morgan fingerprint density at radius 1 is 1.15 bits per heavy atom. The Morgan fingerprint density at radius 3 is 2.46 bits per heavy atom. The maximum Gasteiger partial charge on any atom is 0.249 e. The number of hydrogen-bond acceptors (Lipinski definition) is 10. The number of nitrogens with one attached hydrogen (secondary N) is 3. The summed E-state index contributed by atoms with van der Waals surface area (Å²) in [7, 11) is 3.80. The molecule has 3 N–H and O–H groups in total. The number of amides is 3. The van der Waals surface area contributed by atoms with Crippen molar-refractivity contribution in [2.24, 2.45) is 0 Å². The second-order valence-electron chi connectivity index (χ2n) is 13.6. The summed E-state index contributed by atoms with van der Waals surface area (Å²) in [6.07, 6.45) is 11.1. The van der Waals surface area contributed by atoms with Crippen LogP contribution in [0.3, 0.4) is 0 Å². The summed E-state index contributed by atoms with van der Waals surface area (Å²) in [4.78, 5) is 55.9. The Morgan fingerprint density at radius 2 is 1.87 bits per heavy atom. The van der Waals surface area contributed by atoms with Crippen LogP contribution < -0.4 is 20.2 Å². The summed E-state index contributed by atoms with van der Waals surface area (Å²) in [6, 6.07) is 5.30. The number of rotatable bonds is 15. The standard InChI is InChI=1S/C17H18N2O2S.C16H26N2O3.C4H7NO2S.C2H6O/c1-9(2)13-8-22-17(19-13)12-7-14(20)11-5-6-15(21-4)10(3)16(11)18-12;1-2-3-4-5-11-21-12-15(19)18-10-6-7-14(18)16(20)17-13-8-9-13;6-3-5-8(7)4-1-2-4;1-3-2/h5-9H,1-4H3,(H,18,20);2,13-14H,1,3-12H2,(H,17,20);3-4H,1-2H2,(H,5,6);1-2H3. The number of carbonyl (C=O) groups is 3. The van der Waals surface area contributed by atoms with Crippen LogP contribution in [0.2, 0.25) is 0 Å². The molecule has 3 aromatic rings. The largest absolute Gasteiger partial charge is 0.496 e. The average Bonchev–Trinajstić information content (AvgIpc) is 4.06. The number of allylic oxidation sites excluding steroid dienone is 1. The fourth-order valence-electron chi connectivity index (χ4n) is 5.47. The van der Waals surface area contributed by atoms with Gasteiger partial charge in [0.2, 0.25) is 18.2 Å². The number of methoxy groups -OCH3 is 2. The molecule has 298 valence electrons. The van der Waals surface area contributed by atoms with Crippen LogP contribution in [0.4, 0.5) is 0 Å². The molecule has 0 bridgehead atoms. The first-order valence-corrected chi connectivity index (χ1v) is 20.5. The van der Waals surface area contributed by atoms with E-state index in [1.54, 1.807) is 49.7 Å². The number of H-pyrrole nitrogens is 1. The van der Waals surface area contributed by atoms with Crippen molar-refractivity contribution in [3.63, 3.8) is 0 Å². The number of aromatic amines is 1. The van der Waals surface area contributed by atoms with Crippen LogP contribution in [0.25, 0.3) is 21.6 Å². The first-order chi connectivity index (χ1) is 26.0. The van der Waals surface area contributed by atoms with E-state index in [-0.39, 0.29) is 35.1 Å². The maximum absolute atomic E-state index is 12.4. The van der Waals surface area contributed by atoms with Gasteiger partial charge in [0.15, 0.2) is 5.43 Å². The number of ether oxygens (including phenoxy) is 3. The molecule has 13 nitrogen and oxygen atoms in total. The topological polar surface area (TPSA) is 169 Å². The van der Waals surface area contributed by atoms with E-state index < -0.39 is 11.0 Å². The smallest absolute Gasteiger partial charge is 0.249 e. The SMILES string of the molecule is C=CCCCCOCC(=O)N1CCCC1C(=O)NC1CC1.COC.COc1ccc2c(=O)cc(-c3nc(C(C)C)cs3)[nH]c2c1C.O=CNS(=O)C1CC1. The molecule has 2 unspecified atom stereocenters. The molecule has 2 aliphatic carbocycles. The highest BCUT2D eigenvalue weighted by Gasteiger charge is 2.36. The average molecular weight is 788 g/mol. The molecule has 3 heterocycles. The lowest BCUT2D eigenvalue weighted by atomic mass is 10.1. The molecule has 3 aliphatic rings. The van der Waals surface area contributed by atoms with Gasteiger partial charge in [-0.3, -0.25) is 23.9 Å². The second kappa shape index (κ2) is 23.1. The van der Waals surface area contributed by atoms with E-state index >= 15 is 0 Å². The monoisotopic (exact) mass is 787 g/mol. The zero-order chi connectivity index (χ0) is 39.6. The van der Waals surface area contributed by atoms with Crippen molar-refractivity contribution in [2.75, 3.05) is 41.1 Å². The van der Waals surface area contributed by atoms with Gasteiger partial charge in [0.25, 0.3) is 0 Å². The van der Waals surface area contributed by atoms with Gasteiger partial charge in [0.05, 0.1) is 29.3 Å². The van der Waals surface area contributed by atoms with Gasteiger partial charge in [0.1, 0.15) is 34.4 Å². The molecular weight excluding hydrogens is 731 g/mol. The fourth-order valence-corrected chi connectivity index (χ4v) is 7.28. The molecule has 6 rings (SSSR count). The molecule has 1 aromatic carbocycles. The van der Waals surface area contributed by atoms with Gasteiger partial charge in [0, 0.05) is 55.8 Å². The predicted molar refractivity (Wildman–Crippen MR) is 215 cm³/mol. The third-order valence-corrected chi connectivity index (χ3v) is 11.0. The lowest BCUT2D eigenvalue weighted by Gasteiger charge is -2.24. The van der Waals surface area contributed by atoms with Gasteiger partial charge in [-0.15, -0.1) is 17.9 Å². The number of benzene rings is 1. The number of hydrogen-bond donors (Lipinski definition) is 3. The molecule has 3 fully saturated rings. The molecule has 2 atom stereocenters. The van der Waals surface area contributed by atoms with Crippen LogP contribution in [0, 0.1) is 6.92 Å². The number of fused-ring (bicyclic) bond motifs is 1. The lowest BCUT2D eigenvalue weighted by Crippen LogP contribution is -2.47. The van der Waals surface area contributed by atoms with Gasteiger partial charge in [-0.2, -0.15) is 0 Å². The summed E-state index contributed by atoms with van der Waals surface area (Å²) in [5.41, 5.74) is 3.53. The summed E-state index contributed by atoms with van der Waals surface area (Å²) in [6.45, 7) is 11.2. The number of thiazole rings is 1. The lowest BCUT2D eigenvalue weighted by molar-refractivity contribution is -0.142. The third-order valence-electron chi connectivity index (χ3n) is 8.74. The third kappa shape index (κ3) is 14.1. The van der Waals surface area contributed by atoms with Crippen molar-refractivity contribution in [3.05, 3.63) is 57.7 Å². The highest BCUT2D eigenvalue weighted by molar-refractivity contribution is 7.84. The van der Waals surface area contributed by atoms with Gasteiger partial charge >= 0.3 is 0 Å². The van der Waals surface area contributed by atoms with Crippen molar-refractivity contribution >= 4 is 51.4 Å². The summed E-state index contributed by atoms with van der Waals surface area (Å²) < 4.78 is 27.8. The Balaban J connectivity index is 0.000000228. The van der Waals surface area contributed by atoms with Crippen molar-refractivity contribution in [2.45, 2.75) is 102 Å². The minimum absolute atomic E-state index is 0.00389. The number of aryl methyl sites for hydroxylation is 1. The zero-order valence-electron chi connectivity index (χ0n) is 32.4. The predicted octanol–water partition coefficient (Wildman–Crippen LogP) is 5.54. The van der Waals surface area contributed by atoms with Gasteiger partial charge in [-0.25, -0.2) is 9.19 Å². The van der Waals surface area contributed by atoms with E-state index in [0.29, 0.717) is 36.9 Å². The fraction of sp³-hybridized carbons (Fsp3) is 0.564. The first kappa shape index (κ1) is 44.5. The number of carbonyl (C=O) groups excluding carboxylic acids is 3. The quantitative estimate of drug-likeness (QED) is 0.102. The molecule has 2 saturated carbocycles. The Labute approximate surface area is 325 Å². The minimum atomic E-state index is -1.08. The van der Waals surface area contributed by atoms with Gasteiger partial charge < -0.3 is 29.4 Å². The summed E-state index contributed by atoms with van der Waals surface area (Å²) in [5.74, 6) is 1.09. The van der Waals surface area contributed by atoms with E-state index in [1.165, 1.54) is 0 Å². The number of likely N-dealkylation sites (tertiary alicyclic amines) is 1. The van der Waals surface area contributed by atoms with Crippen molar-refractivity contribution in [1.82, 2.24) is 24.9 Å². The van der Waals surface area contributed by atoms with Crippen LogP contribution >= 0.6 is 11.3 Å². The van der Waals surface area contributed by atoms with Crippen molar-refractivity contribution < 1.29 is 32.8 Å². The number of unbranched alkanes of at least 4 members (excludes halogenated alkanes) is 2. The molecule has 54 heavy (non-hydrogen) atoms. The van der Waals surface area contributed by atoms with Crippen molar-refractivity contribution in [3.8, 4) is 16.5 Å². The van der Waals surface area contributed by atoms with Crippen LogP contribution in [-0.2, 0) is 34.8 Å². The van der Waals surface area contributed by atoms with Crippen LogP contribution in [0.5, 0.6) is 5.75 Å². The second-order valence-corrected chi connectivity index (χ2v) is 16.0. The highest BCUT2D eigenvalue weighted by Crippen LogP contribution is 2.29. The molecule has 1 saturated heterocycles. The van der Waals surface area contributed by atoms with Crippen LogP contribution in [-0.4, -0.2) is 95.7 Å². The summed E-state index contributed by atoms with van der Waals surface area (Å²) >= 11 is 1.55. The van der Waals surface area contributed by atoms with Crippen LogP contribution in [0.1, 0.15) is 88.8 Å². The van der Waals surface area contributed by atoms with Crippen molar-refractivity contribution in [1.29, 1.82) is 0 Å². The summed E-state index contributed by atoms with van der Waals surface area (Å²) in [5, 5.41) is 6.79. The Bertz CT molecular complexity index is 1750. The number of nitrogens with zero attached hydrogens (tertiary/aromatic N) is 2. The van der Waals surface area contributed by atoms with E-state index in [4.69, 9.17) is 9.47 Å².